The Balaban J connectivity index is 1.58. The van der Waals surface area contributed by atoms with Gasteiger partial charge in [0.05, 0.1) is 17.3 Å². The zero-order chi connectivity index (χ0) is 19.0. The Labute approximate surface area is 155 Å². The average Bonchev–Trinajstić information content (AvgIpc) is 2.96. The first-order chi connectivity index (χ1) is 13.0. The Kier molecular flexibility index (Phi) is 4.61. The molecule has 1 aliphatic rings. The topological polar surface area (TPSA) is 58.4 Å². The summed E-state index contributed by atoms with van der Waals surface area (Å²) in [6.07, 6.45) is 2.91. The number of pyridine rings is 1. The molecule has 2 N–H and O–H groups in total. The van der Waals surface area contributed by atoms with E-state index in [4.69, 9.17) is 0 Å². The highest BCUT2D eigenvalue weighted by Crippen LogP contribution is 2.26. The van der Waals surface area contributed by atoms with Crippen molar-refractivity contribution in [3.8, 4) is 0 Å². The summed E-state index contributed by atoms with van der Waals surface area (Å²) >= 11 is 0. The second kappa shape index (κ2) is 7.08. The van der Waals surface area contributed by atoms with Crippen LogP contribution in [0.15, 0.2) is 42.6 Å². The monoisotopic (exact) mass is 370 g/mol. The number of piperidine rings is 1. The van der Waals surface area contributed by atoms with Crippen molar-refractivity contribution in [3.63, 3.8) is 0 Å². The minimum absolute atomic E-state index is 0.119. The molecule has 27 heavy (non-hydrogen) atoms. The number of amides is 1. The molecule has 3 aromatic rings. The molecule has 3 heterocycles. The SMILES string of the molecule is Cc1nc(CN[C@@H]2CCC(=O)N[C@H]2c2cc(F)cc(F)c2)c2ccccn12. The van der Waals surface area contributed by atoms with Gasteiger partial charge in [-0.2, -0.15) is 0 Å². The summed E-state index contributed by atoms with van der Waals surface area (Å²) in [5.74, 6) is -0.535. The molecule has 140 valence electrons. The third-order valence-electron chi connectivity index (χ3n) is 4.98. The van der Waals surface area contributed by atoms with E-state index in [1.807, 2.05) is 35.7 Å². The zero-order valence-electron chi connectivity index (χ0n) is 14.9. The fourth-order valence-electron chi connectivity index (χ4n) is 3.71. The molecule has 0 spiro atoms. The fraction of sp³-hybridized carbons (Fsp3) is 0.300. The summed E-state index contributed by atoms with van der Waals surface area (Å²) in [5, 5.41) is 6.27. The normalized spacial score (nSPS) is 20.0. The van der Waals surface area contributed by atoms with Crippen LogP contribution in [0.25, 0.3) is 5.52 Å². The van der Waals surface area contributed by atoms with Gasteiger partial charge in [0.1, 0.15) is 17.5 Å². The number of hydrogen-bond acceptors (Lipinski definition) is 3. The lowest BCUT2D eigenvalue weighted by molar-refractivity contribution is -0.123. The highest BCUT2D eigenvalue weighted by Gasteiger charge is 2.30. The molecule has 0 unspecified atom stereocenters. The van der Waals surface area contributed by atoms with Gasteiger partial charge in [0.25, 0.3) is 0 Å². The van der Waals surface area contributed by atoms with Crippen molar-refractivity contribution >= 4 is 11.4 Å². The van der Waals surface area contributed by atoms with Gasteiger partial charge in [0.15, 0.2) is 0 Å². The van der Waals surface area contributed by atoms with Crippen molar-refractivity contribution < 1.29 is 13.6 Å². The van der Waals surface area contributed by atoms with E-state index in [0.29, 0.717) is 24.9 Å². The number of halogens is 2. The van der Waals surface area contributed by atoms with Gasteiger partial charge in [0, 0.05) is 31.3 Å². The van der Waals surface area contributed by atoms with Crippen LogP contribution in [-0.2, 0) is 11.3 Å². The van der Waals surface area contributed by atoms with Gasteiger partial charge >= 0.3 is 0 Å². The van der Waals surface area contributed by atoms with Gasteiger partial charge in [-0.25, -0.2) is 13.8 Å². The van der Waals surface area contributed by atoms with Crippen LogP contribution >= 0.6 is 0 Å². The molecule has 0 radical (unpaired) electrons. The number of nitrogens with zero attached hydrogens (tertiary/aromatic N) is 2. The van der Waals surface area contributed by atoms with Gasteiger partial charge in [-0.05, 0) is 43.2 Å². The van der Waals surface area contributed by atoms with E-state index in [0.717, 1.165) is 23.1 Å². The van der Waals surface area contributed by atoms with E-state index in [1.165, 1.54) is 12.1 Å². The Morgan fingerprint density at radius 2 is 2.04 bits per heavy atom. The zero-order valence-corrected chi connectivity index (χ0v) is 14.9. The molecule has 1 saturated heterocycles. The first-order valence-electron chi connectivity index (χ1n) is 8.92. The molecule has 5 nitrogen and oxygen atoms in total. The molecule has 1 aliphatic heterocycles. The van der Waals surface area contributed by atoms with Gasteiger partial charge in [0.2, 0.25) is 5.91 Å². The maximum absolute atomic E-state index is 13.6. The van der Waals surface area contributed by atoms with Crippen LogP contribution in [0.2, 0.25) is 0 Å². The van der Waals surface area contributed by atoms with Gasteiger partial charge in [-0.1, -0.05) is 6.07 Å². The lowest BCUT2D eigenvalue weighted by Gasteiger charge is -2.33. The number of imidazole rings is 1. The van der Waals surface area contributed by atoms with Crippen LogP contribution in [0.1, 0.15) is 36.0 Å². The summed E-state index contributed by atoms with van der Waals surface area (Å²) < 4.78 is 29.3. The predicted molar refractivity (Wildman–Crippen MR) is 97.0 cm³/mol. The number of carbonyl (C=O) groups excluding carboxylic acids is 1. The summed E-state index contributed by atoms with van der Waals surface area (Å²) in [7, 11) is 0. The van der Waals surface area contributed by atoms with Crippen molar-refractivity contribution in [1.82, 2.24) is 20.0 Å². The summed E-state index contributed by atoms with van der Waals surface area (Å²) in [5.41, 5.74) is 2.33. The van der Waals surface area contributed by atoms with E-state index in [-0.39, 0.29) is 11.9 Å². The second-order valence-corrected chi connectivity index (χ2v) is 6.84. The minimum atomic E-state index is -0.653. The lowest BCUT2D eigenvalue weighted by Crippen LogP contribution is -2.48. The highest BCUT2D eigenvalue weighted by molar-refractivity contribution is 5.77. The number of benzene rings is 1. The molecular weight excluding hydrogens is 350 g/mol. The van der Waals surface area contributed by atoms with Gasteiger partial charge in [-0.3, -0.25) is 4.79 Å². The van der Waals surface area contributed by atoms with Crippen LogP contribution in [-0.4, -0.2) is 21.3 Å². The number of aromatic nitrogens is 2. The van der Waals surface area contributed by atoms with Crippen molar-refractivity contribution in [2.75, 3.05) is 0 Å². The van der Waals surface area contributed by atoms with Gasteiger partial charge < -0.3 is 15.0 Å². The van der Waals surface area contributed by atoms with Crippen molar-refractivity contribution in [1.29, 1.82) is 0 Å². The smallest absolute Gasteiger partial charge is 0.220 e. The second-order valence-electron chi connectivity index (χ2n) is 6.84. The fourth-order valence-corrected chi connectivity index (χ4v) is 3.71. The van der Waals surface area contributed by atoms with E-state index < -0.39 is 17.7 Å². The van der Waals surface area contributed by atoms with Crippen molar-refractivity contribution in [2.45, 2.75) is 38.4 Å². The minimum Gasteiger partial charge on any atom is -0.348 e. The number of fused-ring (bicyclic) bond motifs is 1. The predicted octanol–water partition coefficient (Wildman–Crippen LogP) is 3.03. The number of hydrogen-bond donors (Lipinski definition) is 2. The number of carbonyl (C=O) groups is 1. The van der Waals surface area contributed by atoms with E-state index >= 15 is 0 Å². The quantitative estimate of drug-likeness (QED) is 0.742. The molecule has 1 amide bonds. The number of aryl methyl sites for hydroxylation is 1. The van der Waals surface area contributed by atoms with Crippen molar-refractivity contribution in [2.24, 2.45) is 0 Å². The van der Waals surface area contributed by atoms with Crippen molar-refractivity contribution in [3.05, 3.63) is 71.3 Å². The summed E-state index contributed by atoms with van der Waals surface area (Å²) in [4.78, 5) is 16.5. The van der Waals surface area contributed by atoms with E-state index in [2.05, 4.69) is 15.6 Å². The van der Waals surface area contributed by atoms with Gasteiger partial charge in [-0.15, -0.1) is 0 Å². The van der Waals surface area contributed by atoms with Crippen LogP contribution in [0.5, 0.6) is 0 Å². The Hall–Kier alpha value is -2.80. The molecule has 0 aliphatic carbocycles. The maximum Gasteiger partial charge on any atom is 0.220 e. The van der Waals surface area contributed by atoms with Crippen LogP contribution in [0, 0.1) is 18.6 Å². The molecule has 7 heteroatoms. The lowest BCUT2D eigenvalue weighted by atomic mass is 9.91. The Bertz CT molecular complexity index is 981. The van der Waals surface area contributed by atoms with Crippen LogP contribution < -0.4 is 10.6 Å². The first-order valence-corrected chi connectivity index (χ1v) is 8.92. The van der Waals surface area contributed by atoms with Crippen LogP contribution in [0.4, 0.5) is 8.78 Å². The third-order valence-corrected chi connectivity index (χ3v) is 4.98. The maximum atomic E-state index is 13.6. The molecule has 0 bridgehead atoms. The molecule has 2 atom stereocenters. The highest BCUT2D eigenvalue weighted by atomic mass is 19.1. The molecule has 2 aromatic heterocycles. The third kappa shape index (κ3) is 3.55. The molecule has 0 saturated carbocycles. The summed E-state index contributed by atoms with van der Waals surface area (Å²) in [6.45, 7) is 2.44. The van der Waals surface area contributed by atoms with E-state index in [9.17, 15) is 13.6 Å². The average molecular weight is 370 g/mol. The molecular formula is C20H20F2N4O. The van der Waals surface area contributed by atoms with E-state index in [1.54, 1.807) is 0 Å². The number of rotatable bonds is 4. The first kappa shape index (κ1) is 17.6. The largest absolute Gasteiger partial charge is 0.348 e. The Morgan fingerprint density at radius 1 is 1.26 bits per heavy atom. The Morgan fingerprint density at radius 3 is 2.81 bits per heavy atom. The molecule has 4 rings (SSSR count). The molecule has 1 aromatic carbocycles. The number of nitrogens with one attached hydrogen (secondary N) is 2. The molecule has 1 fully saturated rings. The standard InChI is InChI=1S/C20H20F2N4O/c1-12-24-17(18-4-2-3-7-26(12)18)11-23-16-5-6-19(27)25-20(16)13-8-14(21)10-15(22)9-13/h2-4,7-10,16,20,23H,5-6,11H2,1H3,(H,25,27)/t16-,20+/m1/s1. The van der Waals surface area contributed by atoms with Crippen LogP contribution in [0.3, 0.4) is 0 Å². The summed E-state index contributed by atoms with van der Waals surface area (Å²) in [6, 6.07) is 8.63.